The van der Waals surface area contributed by atoms with Gasteiger partial charge in [0.1, 0.15) is 11.5 Å². The van der Waals surface area contributed by atoms with Crippen molar-refractivity contribution in [2.24, 2.45) is 0 Å². The van der Waals surface area contributed by atoms with Gasteiger partial charge in [-0.3, -0.25) is 0 Å². The number of fused-ring (bicyclic) bond motifs is 1. The van der Waals surface area contributed by atoms with Crippen LogP contribution in [-0.2, 0) is 17.8 Å². The van der Waals surface area contributed by atoms with E-state index in [1.807, 2.05) is 18.2 Å². The van der Waals surface area contributed by atoms with Crippen LogP contribution in [0.5, 0.6) is 17.4 Å². The molecule has 2 aromatic rings. The molecular weight excluding hydrogens is 346 g/mol. The van der Waals surface area contributed by atoms with Gasteiger partial charge in [-0.25, -0.2) is 4.98 Å². The highest BCUT2D eigenvalue weighted by Crippen LogP contribution is 2.39. The third kappa shape index (κ3) is 3.25. The molecule has 1 aromatic carbocycles. The molecule has 1 aliphatic heterocycles. The lowest BCUT2D eigenvalue weighted by molar-refractivity contribution is 0.354. The number of aromatic nitrogens is 2. The minimum atomic E-state index is 0.525. The highest BCUT2D eigenvalue weighted by atomic mass is 16.5. The number of ether oxygens (including phenoxy) is 4. The summed E-state index contributed by atoms with van der Waals surface area (Å²) in [5.41, 5.74) is 4.39. The standard InChI is InChI=1S/C20H23N3O4/c1-24-16-7-13-10-23(11-14(13)8-17(16)25-2)20-21-15(9-18(22-20)26-3)19(27-4)12-5-6-12/h7-9H,5-6,10-11H2,1-4H3. The van der Waals surface area contributed by atoms with Crippen LogP contribution < -0.4 is 19.1 Å². The van der Waals surface area contributed by atoms with Gasteiger partial charge in [-0.05, 0) is 41.7 Å². The molecule has 0 amide bonds. The molecule has 2 aliphatic rings. The molecule has 1 aromatic heterocycles. The van der Waals surface area contributed by atoms with E-state index in [0.717, 1.165) is 35.8 Å². The molecule has 0 N–H and O–H groups in total. The Balaban J connectivity index is 1.69. The Morgan fingerprint density at radius 3 is 1.96 bits per heavy atom. The monoisotopic (exact) mass is 369 g/mol. The van der Waals surface area contributed by atoms with Crippen molar-refractivity contribution in [1.82, 2.24) is 9.97 Å². The third-order valence-electron chi connectivity index (χ3n) is 4.87. The van der Waals surface area contributed by atoms with Crippen LogP contribution in [0.2, 0.25) is 0 Å². The molecule has 0 spiro atoms. The fraction of sp³-hybridized carbons (Fsp3) is 0.400. The summed E-state index contributed by atoms with van der Waals surface area (Å²) in [5.74, 6) is 3.43. The van der Waals surface area contributed by atoms with E-state index in [-0.39, 0.29) is 0 Å². The van der Waals surface area contributed by atoms with Gasteiger partial charge in [0.15, 0.2) is 11.5 Å². The van der Waals surface area contributed by atoms with Gasteiger partial charge in [0.05, 0.1) is 28.4 Å². The molecule has 27 heavy (non-hydrogen) atoms. The number of hydrogen-bond acceptors (Lipinski definition) is 7. The largest absolute Gasteiger partial charge is 0.495 e. The molecule has 1 aliphatic carbocycles. The predicted octanol–water partition coefficient (Wildman–Crippen LogP) is 3.17. The maximum Gasteiger partial charge on any atom is 0.229 e. The molecule has 0 saturated heterocycles. The summed E-state index contributed by atoms with van der Waals surface area (Å²) in [7, 11) is 6.58. The topological polar surface area (TPSA) is 65.9 Å². The fourth-order valence-electron chi connectivity index (χ4n) is 3.36. The molecule has 7 nitrogen and oxygen atoms in total. The number of allylic oxidation sites excluding steroid dienone is 1. The van der Waals surface area contributed by atoms with Crippen LogP contribution in [-0.4, -0.2) is 38.4 Å². The van der Waals surface area contributed by atoms with E-state index >= 15 is 0 Å². The lowest BCUT2D eigenvalue weighted by Crippen LogP contribution is -2.18. The van der Waals surface area contributed by atoms with Crippen LogP contribution in [0.4, 0.5) is 5.95 Å². The SMILES string of the molecule is COC(=C1CC1)c1cc(OC)nc(N2Cc3cc(OC)c(OC)cc3C2)n1. The lowest BCUT2D eigenvalue weighted by Gasteiger charge is -2.17. The maximum absolute atomic E-state index is 5.58. The van der Waals surface area contributed by atoms with Gasteiger partial charge < -0.3 is 23.8 Å². The summed E-state index contributed by atoms with van der Waals surface area (Å²) in [4.78, 5) is 11.4. The molecule has 142 valence electrons. The Labute approximate surface area is 158 Å². The second kappa shape index (κ2) is 6.98. The fourth-order valence-corrected chi connectivity index (χ4v) is 3.36. The summed E-state index contributed by atoms with van der Waals surface area (Å²) in [5, 5.41) is 0. The van der Waals surface area contributed by atoms with E-state index in [4.69, 9.17) is 23.9 Å². The zero-order valence-electron chi connectivity index (χ0n) is 16.0. The first-order valence-electron chi connectivity index (χ1n) is 8.85. The third-order valence-corrected chi connectivity index (χ3v) is 4.87. The molecular formula is C20H23N3O4. The van der Waals surface area contributed by atoms with Crippen molar-refractivity contribution in [3.8, 4) is 17.4 Å². The average molecular weight is 369 g/mol. The van der Waals surface area contributed by atoms with Crippen LogP contribution in [0.1, 0.15) is 29.7 Å². The van der Waals surface area contributed by atoms with Crippen LogP contribution >= 0.6 is 0 Å². The minimum Gasteiger partial charge on any atom is -0.495 e. The smallest absolute Gasteiger partial charge is 0.229 e. The van der Waals surface area contributed by atoms with Crippen LogP contribution in [0, 0.1) is 0 Å². The normalized spacial score (nSPS) is 14.7. The highest BCUT2D eigenvalue weighted by Gasteiger charge is 2.27. The van der Waals surface area contributed by atoms with Gasteiger partial charge in [-0.2, -0.15) is 4.98 Å². The van der Waals surface area contributed by atoms with Gasteiger partial charge in [-0.1, -0.05) is 0 Å². The first kappa shape index (κ1) is 17.5. The van der Waals surface area contributed by atoms with Crippen LogP contribution in [0.3, 0.4) is 0 Å². The van der Waals surface area contributed by atoms with E-state index in [1.165, 1.54) is 16.7 Å². The number of rotatable bonds is 6. The van der Waals surface area contributed by atoms with E-state index in [2.05, 4.69) is 9.88 Å². The number of nitrogens with zero attached hydrogens (tertiary/aromatic N) is 3. The highest BCUT2D eigenvalue weighted by molar-refractivity contribution is 5.65. The van der Waals surface area contributed by atoms with Crippen molar-refractivity contribution in [3.05, 3.63) is 40.6 Å². The Hall–Kier alpha value is -2.96. The minimum absolute atomic E-state index is 0.525. The van der Waals surface area contributed by atoms with E-state index < -0.39 is 0 Å². The van der Waals surface area contributed by atoms with Gasteiger partial charge in [0.25, 0.3) is 0 Å². The Morgan fingerprint density at radius 1 is 0.852 bits per heavy atom. The number of hydrogen-bond donors (Lipinski definition) is 0. The summed E-state index contributed by atoms with van der Waals surface area (Å²) < 4.78 is 21.8. The molecule has 0 radical (unpaired) electrons. The summed E-state index contributed by atoms with van der Waals surface area (Å²) in [6.07, 6.45) is 2.11. The van der Waals surface area contributed by atoms with Crippen molar-refractivity contribution < 1.29 is 18.9 Å². The Morgan fingerprint density at radius 2 is 1.48 bits per heavy atom. The van der Waals surface area contributed by atoms with E-state index in [9.17, 15) is 0 Å². The molecule has 2 heterocycles. The molecule has 0 unspecified atom stereocenters. The second-order valence-corrected chi connectivity index (χ2v) is 6.56. The van der Waals surface area contributed by atoms with E-state index in [0.29, 0.717) is 24.9 Å². The molecule has 0 atom stereocenters. The van der Waals surface area contributed by atoms with Crippen molar-refractivity contribution in [2.45, 2.75) is 25.9 Å². The summed E-state index contributed by atoms with van der Waals surface area (Å²) in [6, 6.07) is 5.85. The zero-order valence-corrected chi connectivity index (χ0v) is 16.0. The van der Waals surface area contributed by atoms with Crippen molar-refractivity contribution in [3.63, 3.8) is 0 Å². The molecule has 1 fully saturated rings. The summed E-state index contributed by atoms with van der Waals surface area (Å²) in [6.45, 7) is 1.39. The van der Waals surface area contributed by atoms with Crippen LogP contribution in [0.25, 0.3) is 5.76 Å². The lowest BCUT2D eigenvalue weighted by atomic mass is 10.1. The molecule has 4 rings (SSSR count). The molecule has 1 saturated carbocycles. The quantitative estimate of drug-likeness (QED) is 0.725. The molecule has 7 heteroatoms. The van der Waals surface area contributed by atoms with Gasteiger partial charge in [-0.15, -0.1) is 0 Å². The zero-order chi connectivity index (χ0) is 19.0. The number of benzene rings is 1. The average Bonchev–Trinajstić information content (AvgIpc) is 3.44. The van der Waals surface area contributed by atoms with Crippen molar-refractivity contribution in [2.75, 3.05) is 33.3 Å². The Kier molecular flexibility index (Phi) is 4.51. The maximum atomic E-state index is 5.58. The predicted molar refractivity (Wildman–Crippen MR) is 101 cm³/mol. The van der Waals surface area contributed by atoms with Crippen molar-refractivity contribution in [1.29, 1.82) is 0 Å². The molecule has 0 bridgehead atoms. The number of methoxy groups -OCH3 is 4. The van der Waals surface area contributed by atoms with Crippen LogP contribution in [0.15, 0.2) is 23.8 Å². The second-order valence-electron chi connectivity index (χ2n) is 6.56. The Bertz CT molecular complexity index is 871. The first-order chi connectivity index (χ1) is 13.2. The van der Waals surface area contributed by atoms with Crippen molar-refractivity contribution >= 4 is 11.7 Å². The first-order valence-corrected chi connectivity index (χ1v) is 8.85. The van der Waals surface area contributed by atoms with E-state index in [1.54, 1.807) is 28.4 Å². The van der Waals surface area contributed by atoms with Gasteiger partial charge in [0.2, 0.25) is 11.8 Å². The summed E-state index contributed by atoms with van der Waals surface area (Å²) >= 11 is 0. The van der Waals surface area contributed by atoms with Gasteiger partial charge >= 0.3 is 0 Å². The van der Waals surface area contributed by atoms with Gasteiger partial charge in [0, 0.05) is 19.2 Å². The number of anilines is 1.